The van der Waals surface area contributed by atoms with Crippen molar-refractivity contribution in [3.63, 3.8) is 0 Å². The molecule has 29 heavy (non-hydrogen) atoms. The molecule has 0 saturated carbocycles. The number of amides is 1. The van der Waals surface area contributed by atoms with Gasteiger partial charge in [-0.1, -0.05) is 54.1 Å². The van der Waals surface area contributed by atoms with E-state index >= 15 is 0 Å². The second-order valence-electron chi connectivity index (χ2n) is 7.12. The van der Waals surface area contributed by atoms with E-state index in [1.165, 1.54) is 16.4 Å². The molecule has 0 aromatic heterocycles. The number of carbonyl (C=O) groups excluding carboxylic acids is 1. The smallest absolute Gasteiger partial charge is 0.244 e. The van der Waals surface area contributed by atoms with Gasteiger partial charge in [0.05, 0.1) is 11.4 Å². The number of fused-ring (bicyclic) bond motifs is 1. The van der Waals surface area contributed by atoms with Gasteiger partial charge in [0.1, 0.15) is 4.90 Å². The molecule has 0 aliphatic carbocycles. The van der Waals surface area contributed by atoms with Crippen LogP contribution in [0.5, 0.6) is 0 Å². The Balaban J connectivity index is 1.56. The van der Waals surface area contributed by atoms with Crippen molar-refractivity contribution in [3.8, 4) is 0 Å². The molecule has 1 heterocycles. The van der Waals surface area contributed by atoms with Gasteiger partial charge in [-0.05, 0) is 47.4 Å². The zero-order chi connectivity index (χ0) is 20.4. The molecule has 0 unspecified atom stereocenters. The summed E-state index contributed by atoms with van der Waals surface area (Å²) in [4.78, 5) is 12.7. The van der Waals surface area contributed by atoms with Gasteiger partial charge in [-0.15, -0.1) is 0 Å². The second-order valence-corrected chi connectivity index (χ2v) is 9.43. The molecule has 150 valence electrons. The third-order valence-electron chi connectivity index (χ3n) is 5.13. The maximum atomic E-state index is 12.9. The van der Waals surface area contributed by atoms with Crippen LogP contribution >= 0.6 is 11.6 Å². The van der Waals surface area contributed by atoms with Gasteiger partial charge in [-0.25, -0.2) is 8.42 Å². The van der Waals surface area contributed by atoms with E-state index in [0.29, 0.717) is 18.8 Å². The number of halogens is 1. The number of sulfonamides is 1. The number of hydrogen-bond acceptors (Lipinski definition) is 3. The van der Waals surface area contributed by atoms with Crippen LogP contribution in [-0.4, -0.2) is 31.7 Å². The predicted octanol–water partition coefficient (Wildman–Crippen LogP) is 4.46. The summed E-state index contributed by atoms with van der Waals surface area (Å²) in [5.41, 5.74) is 1.33. The average molecular weight is 429 g/mol. The van der Waals surface area contributed by atoms with E-state index in [4.69, 9.17) is 11.6 Å². The van der Waals surface area contributed by atoms with Gasteiger partial charge < -0.3 is 5.32 Å². The third-order valence-corrected chi connectivity index (χ3v) is 7.51. The van der Waals surface area contributed by atoms with E-state index in [1.54, 1.807) is 6.07 Å². The lowest BCUT2D eigenvalue weighted by atomic mass is 10.0. The predicted molar refractivity (Wildman–Crippen MR) is 116 cm³/mol. The molecule has 5 nitrogen and oxygen atoms in total. The Labute approximate surface area is 175 Å². The maximum absolute atomic E-state index is 12.9. The SMILES string of the molecule is O=C(Cc1cccc2ccccc12)Nc1ccc(Cl)c(S(=O)(=O)N2CCCC2)c1. The van der Waals surface area contributed by atoms with Crippen LogP contribution in [0.2, 0.25) is 5.02 Å². The van der Waals surface area contributed by atoms with E-state index in [2.05, 4.69) is 5.32 Å². The lowest BCUT2D eigenvalue weighted by Crippen LogP contribution is -2.28. The lowest BCUT2D eigenvalue weighted by Gasteiger charge is -2.17. The van der Waals surface area contributed by atoms with Crippen molar-refractivity contribution in [3.05, 3.63) is 71.2 Å². The lowest BCUT2D eigenvalue weighted by molar-refractivity contribution is -0.115. The van der Waals surface area contributed by atoms with Crippen molar-refractivity contribution in [2.24, 2.45) is 0 Å². The van der Waals surface area contributed by atoms with E-state index in [1.807, 2.05) is 42.5 Å². The molecule has 1 N–H and O–H groups in total. The van der Waals surface area contributed by atoms with Crippen LogP contribution in [0.4, 0.5) is 5.69 Å². The zero-order valence-electron chi connectivity index (χ0n) is 15.8. The number of hydrogen-bond donors (Lipinski definition) is 1. The van der Waals surface area contributed by atoms with Crippen molar-refractivity contribution in [2.45, 2.75) is 24.2 Å². The molecule has 3 aromatic rings. The molecule has 4 rings (SSSR count). The van der Waals surface area contributed by atoms with Crippen molar-refractivity contribution >= 4 is 44.0 Å². The standard InChI is InChI=1S/C22H21ClN2O3S/c23-20-11-10-18(15-21(20)29(27,28)25-12-3-4-13-25)24-22(26)14-17-8-5-7-16-6-1-2-9-19(16)17/h1-2,5-11,15H,3-4,12-14H2,(H,24,26). The molecular formula is C22H21ClN2O3S. The number of rotatable bonds is 5. The number of nitrogens with zero attached hydrogens (tertiary/aromatic N) is 1. The second kappa shape index (κ2) is 8.14. The molecule has 1 fully saturated rings. The largest absolute Gasteiger partial charge is 0.326 e. The minimum absolute atomic E-state index is 0.0315. The van der Waals surface area contributed by atoms with Crippen molar-refractivity contribution in [1.82, 2.24) is 4.31 Å². The summed E-state index contributed by atoms with van der Waals surface area (Å²) in [7, 11) is -3.67. The Bertz CT molecular complexity index is 1170. The summed E-state index contributed by atoms with van der Waals surface area (Å²) in [5.74, 6) is -0.215. The van der Waals surface area contributed by atoms with Crippen molar-refractivity contribution < 1.29 is 13.2 Å². The van der Waals surface area contributed by atoms with Gasteiger partial charge in [0, 0.05) is 18.8 Å². The molecule has 0 radical (unpaired) electrons. The van der Waals surface area contributed by atoms with Crippen LogP contribution in [0.1, 0.15) is 18.4 Å². The molecule has 0 atom stereocenters. The first-order chi connectivity index (χ1) is 13.9. The van der Waals surface area contributed by atoms with Crippen LogP contribution in [0.25, 0.3) is 10.8 Å². The molecule has 1 saturated heterocycles. The summed E-state index contributed by atoms with van der Waals surface area (Å²) in [5, 5.41) is 5.06. The Morgan fingerprint density at radius 1 is 1.00 bits per heavy atom. The molecule has 1 aliphatic rings. The summed E-state index contributed by atoms with van der Waals surface area (Å²) in [6.07, 6.45) is 1.88. The fraction of sp³-hybridized carbons (Fsp3) is 0.227. The molecule has 0 bridgehead atoms. The highest BCUT2D eigenvalue weighted by Crippen LogP contribution is 2.30. The first-order valence-corrected chi connectivity index (χ1v) is 11.3. The van der Waals surface area contributed by atoms with E-state index in [9.17, 15) is 13.2 Å². The first kappa shape index (κ1) is 19.9. The topological polar surface area (TPSA) is 66.5 Å². The number of benzene rings is 3. The van der Waals surface area contributed by atoms with Crippen molar-refractivity contribution in [2.75, 3.05) is 18.4 Å². The van der Waals surface area contributed by atoms with Gasteiger partial charge in [-0.2, -0.15) is 4.31 Å². The maximum Gasteiger partial charge on any atom is 0.244 e. The minimum Gasteiger partial charge on any atom is -0.326 e. The summed E-state index contributed by atoms with van der Waals surface area (Å²) < 4.78 is 27.2. The minimum atomic E-state index is -3.67. The van der Waals surface area contributed by atoms with E-state index < -0.39 is 10.0 Å². The van der Waals surface area contributed by atoms with Gasteiger partial charge in [0.2, 0.25) is 15.9 Å². The molecule has 1 amide bonds. The Morgan fingerprint density at radius 2 is 1.72 bits per heavy atom. The van der Waals surface area contributed by atoms with Gasteiger partial charge in [-0.3, -0.25) is 4.79 Å². The van der Waals surface area contributed by atoms with Crippen LogP contribution in [0.15, 0.2) is 65.6 Å². The Hall–Kier alpha value is -2.41. The first-order valence-electron chi connectivity index (χ1n) is 9.51. The summed E-state index contributed by atoms with van der Waals surface area (Å²) in [6.45, 7) is 0.993. The van der Waals surface area contributed by atoms with Crippen LogP contribution < -0.4 is 5.32 Å². The Morgan fingerprint density at radius 3 is 2.52 bits per heavy atom. The molecule has 1 aliphatic heterocycles. The fourth-order valence-corrected chi connectivity index (χ4v) is 5.69. The van der Waals surface area contributed by atoms with Gasteiger partial charge in [0.15, 0.2) is 0 Å². The number of anilines is 1. The summed E-state index contributed by atoms with van der Waals surface area (Å²) in [6, 6.07) is 18.3. The Kier molecular flexibility index (Phi) is 5.58. The quantitative estimate of drug-likeness (QED) is 0.652. The summed E-state index contributed by atoms with van der Waals surface area (Å²) >= 11 is 6.17. The highest BCUT2D eigenvalue weighted by atomic mass is 35.5. The van der Waals surface area contributed by atoms with Crippen LogP contribution in [-0.2, 0) is 21.2 Å². The van der Waals surface area contributed by atoms with Gasteiger partial charge >= 0.3 is 0 Å². The fourth-order valence-electron chi connectivity index (χ4n) is 3.67. The van der Waals surface area contributed by atoms with Crippen LogP contribution in [0.3, 0.4) is 0 Å². The van der Waals surface area contributed by atoms with Crippen molar-refractivity contribution in [1.29, 1.82) is 0 Å². The highest BCUT2D eigenvalue weighted by molar-refractivity contribution is 7.89. The highest BCUT2D eigenvalue weighted by Gasteiger charge is 2.29. The monoisotopic (exact) mass is 428 g/mol. The molecule has 0 spiro atoms. The molecule has 7 heteroatoms. The molecule has 3 aromatic carbocycles. The zero-order valence-corrected chi connectivity index (χ0v) is 17.3. The average Bonchev–Trinajstić information content (AvgIpc) is 3.25. The number of nitrogens with one attached hydrogen (secondary N) is 1. The van der Waals surface area contributed by atoms with E-state index in [-0.39, 0.29) is 22.2 Å². The van der Waals surface area contributed by atoms with Crippen LogP contribution in [0, 0.1) is 0 Å². The molecular weight excluding hydrogens is 408 g/mol. The third kappa shape index (κ3) is 4.15. The normalized spacial score (nSPS) is 14.9. The van der Waals surface area contributed by atoms with E-state index in [0.717, 1.165) is 29.2 Å². The van der Waals surface area contributed by atoms with Gasteiger partial charge in [0.25, 0.3) is 0 Å². The number of carbonyl (C=O) groups is 1.